The molecule has 2 bridgehead atoms. The quantitative estimate of drug-likeness (QED) is 0.128. The summed E-state index contributed by atoms with van der Waals surface area (Å²) in [6.45, 7) is 10.1. The molecule has 0 spiro atoms. The number of benzene rings is 2. The predicted molar refractivity (Wildman–Crippen MR) is 250 cm³/mol. The number of rotatable bonds is 11. The van der Waals surface area contributed by atoms with E-state index >= 15 is 0 Å². The Morgan fingerprint density at radius 1 is 0.672 bits per heavy atom. The minimum atomic E-state index is -0.116. The van der Waals surface area contributed by atoms with E-state index in [1.165, 1.54) is 25.9 Å². The molecule has 2 atom stereocenters. The minimum Gasteiger partial charge on any atom is -0.341 e. The first-order valence-corrected chi connectivity index (χ1v) is 23.0. The molecule has 4 saturated heterocycles. The number of nitrogens with zero attached hydrogens (tertiary/aromatic N) is 11. The first-order chi connectivity index (χ1) is 31.1. The molecule has 0 aliphatic carbocycles. The van der Waals surface area contributed by atoms with Crippen LogP contribution in [0.3, 0.4) is 0 Å². The van der Waals surface area contributed by atoms with E-state index in [1.54, 1.807) is 12.4 Å². The van der Waals surface area contributed by atoms with Gasteiger partial charge in [0.25, 0.3) is 0 Å². The van der Waals surface area contributed by atoms with Gasteiger partial charge in [-0.2, -0.15) is 9.97 Å². The summed E-state index contributed by atoms with van der Waals surface area (Å²) >= 11 is 11.8. The van der Waals surface area contributed by atoms with Gasteiger partial charge >= 0.3 is 0 Å². The third-order valence-corrected chi connectivity index (χ3v) is 13.0. The molecule has 16 nitrogen and oxygen atoms in total. The monoisotopic (exact) mass is 902 g/mol. The number of aryl methyl sites for hydroxylation is 4. The molecule has 332 valence electrons. The van der Waals surface area contributed by atoms with Crippen LogP contribution >= 0.6 is 23.2 Å². The van der Waals surface area contributed by atoms with Gasteiger partial charge < -0.3 is 30.7 Å². The molecule has 64 heavy (non-hydrogen) atoms. The number of halogens is 2. The number of aromatic nitrogens is 8. The van der Waals surface area contributed by atoms with Crippen molar-refractivity contribution < 1.29 is 9.59 Å². The number of hydrogen-bond acceptors (Lipinski definition) is 14. The Morgan fingerprint density at radius 3 is 1.69 bits per heavy atom. The summed E-state index contributed by atoms with van der Waals surface area (Å²) in [6, 6.07) is 16.7. The maximum absolute atomic E-state index is 12.4. The number of likely N-dealkylation sites (tertiary alicyclic amines) is 1. The van der Waals surface area contributed by atoms with E-state index in [-0.39, 0.29) is 11.8 Å². The highest BCUT2D eigenvalue weighted by atomic mass is 35.5. The van der Waals surface area contributed by atoms with E-state index in [4.69, 9.17) is 28.2 Å². The van der Waals surface area contributed by atoms with Crippen molar-refractivity contribution in [3.63, 3.8) is 0 Å². The van der Waals surface area contributed by atoms with Crippen molar-refractivity contribution in [1.29, 1.82) is 0 Å². The Bertz CT molecular complexity index is 2620. The maximum atomic E-state index is 12.4. The van der Waals surface area contributed by atoms with Gasteiger partial charge in [-0.3, -0.25) is 9.59 Å². The zero-order valence-corrected chi connectivity index (χ0v) is 37.6. The highest BCUT2D eigenvalue weighted by Gasteiger charge is 2.39. The number of piperazine rings is 1. The molecule has 0 saturated carbocycles. The van der Waals surface area contributed by atoms with Crippen LogP contribution in [0.5, 0.6) is 0 Å². The summed E-state index contributed by atoms with van der Waals surface area (Å²) < 4.78 is 0. The normalized spacial score (nSPS) is 18.7. The molecule has 4 aliphatic heterocycles. The van der Waals surface area contributed by atoms with Crippen LogP contribution in [0, 0.1) is 13.8 Å². The largest absolute Gasteiger partial charge is 0.341 e. The number of piperidine rings is 1. The Kier molecular flexibility index (Phi) is 13.3. The number of hydrogen-bond donors (Lipinski definition) is 3. The van der Waals surface area contributed by atoms with E-state index < -0.39 is 0 Å². The van der Waals surface area contributed by atoms with Crippen molar-refractivity contribution in [1.82, 2.24) is 50.1 Å². The molecule has 6 aromatic rings. The number of anilines is 4. The van der Waals surface area contributed by atoms with Gasteiger partial charge in [0.1, 0.15) is 11.0 Å². The fourth-order valence-electron chi connectivity index (χ4n) is 9.02. The van der Waals surface area contributed by atoms with Gasteiger partial charge in [0.2, 0.25) is 23.7 Å². The molecular weight excluding hydrogens is 852 g/mol. The van der Waals surface area contributed by atoms with Gasteiger partial charge in [-0.15, -0.1) is 0 Å². The molecular formula is C46H52Cl2N14O2. The van der Waals surface area contributed by atoms with Gasteiger partial charge in [0, 0.05) is 67.2 Å². The van der Waals surface area contributed by atoms with Gasteiger partial charge in [-0.25, -0.2) is 29.9 Å². The van der Waals surface area contributed by atoms with Crippen molar-refractivity contribution in [3.8, 4) is 0 Å². The lowest BCUT2D eigenvalue weighted by Crippen LogP contribution is -2.44. The lowest BCUT2D eigenvalue weighted by atomic mass is 10.0. The zero-order chi connectivity index (χ0) is 44.2. The molecule has 4 fully saturated rings. The fourth-order valence-corrected chi connectivity index (χ4v) is 9.27. The van der Waals surface area contributed by atoms with Crippen molar-refractivity contribution in [3.05, 3.63) is 93.5 Å². The highest BCUT2D eigenvalue weighted by Crippen LogP contribution is 2.29. The molecule has 10 rings (SSSR count). The molecule has 2 unspecified atom stereocenters. The minimum absolute atomic E-state index is 0.111. The third-order valence-electron chi connectivity index (χ3n) is 12.5. The predicted octanol–water partition coefficient (Wildman–Crippen LogP) is 6.52. The molecule has 3 N–H and O–H groups in total. The molecule has 0 radical (unpaired) electrons. The van der Waals surface area contributed by atoms with Gasteiger partial charge in [0.15, 0.2) is 22.9 Å². The standard InChI is InChI=1S/C25H30ClN7O.C21H22ClN7O/c1-17-23-24(31-25(28-17)33-14-10-20(11-15-33)32-12-2-3-13-32)27-16-21(30-23)29-22(34)9-6-18-4-7-19(26)8-5-18;1-12-19-20(28-21(25-12)29-11-15-8-16(29)9-23-15)24-10-17(27-19)26-18(30)7-4-13-2-5-14(22)6-3-13/h4-5,7-8,16,20H,2-3,6,9-15H2,1H3,(H,29,30,34);2-3,5-6,10,15-16,23H,4,7-9,11H2,1H3,(H,26,27,30). The van der Waals surface area contributed by atoms with Crippen molar-refractivity contribution >= 4 is 80.9 Å². The molecule has 8 heterocycles. The molecule has 2 amide bonds. The molecule has 4 aromatic heterocycles. The van der Waals surface area contributed by atoms with Crippen molar-refractivity contribution in [2.75, 3.05) is 59.7 Å². The third kappa shape index (κ3) is 10.5. The van der Waals surface area contributed by atoms with Crippen molar-refractivity contribution in [2.24, 2.45) is 0 Å². The van der Waals surface area contributed by atoms with Crippen LogP contribution < -0.4 is 25.8 Å². The Balaban J connectivity index is 0.000000163. The molecule has 4 aliphatic rings. The van der Waals surface area contributed by atoms with Gasteiger partial charge in [0.05, 0.1) is 23.8 Å². The maximum Gasteiger partial charge on any atom is 0.228 e. The fraction of sp³-hybridized carbons (Fsp3) is 0.435. The van der Waals surface area contributed by atoms with E-state index in [9.17, 15) is 9.59 Å². The van der Waals surface area contributed by atoms with Crippen molar-refractivity contribution in [2.45, 2.75) is 89.8 Å². The first-order valence-electron chi connectivity index (χ1n) is 22.2. The number of carbonyl (C=O) groups excluding carboxylic acids is 2. The second-order valence-electron chi connectivity index (χ2n) is 17.0. The second kappa shape index (κ2) is 19.6. The average molecular weight is 904 g/mol. The van der Waals surface area contributed by atoms with Crippen LogP contribution in [0.1, 0.15) is 67.5 Å². The Morgan fingerprint density at radius 2 is 1.19 bits per heavy atom. The molecule has 18 heteroatoms. The number of nitrogens with one attached hydrogen (secondary N) is 3. The second-order valence-corrected chi connectivity index (χ2v) is 17.9. The smallest absolute Gasteiger partial charge is 0.228 e. The summed E-state index contributed by atoms with van der Waals surface area (Å²) in [5.41, 5.74) is 5.98. The average Bonchev–Trinajstić information content (AvgIpc) is 4.11. The van der Waals surface area contributed by atoms with Crippen LogP contribution in [0.25, 0.3) is 22.3 Å². The first kappa shape index (κ1) is 43.6. The number of amides is 2. The summed E-state index contributed by atoms with van der Waals surface area (Å²) in [5, 5.41) is 10.5. The molecule has 2 aromatic carbocycles. The lowest BCUT2D eigenvalue weighted by Gasteiger charge is -2.36. The van der Waals surface area contributed by atoms with Crippen LogP contribution in [0.2, 0.25) is 10.0 Å². The summed E-state index contributed by atoms with van der Waals surface area (Å²) in [4.78, 5) is 68.6. The van der Waals surface area contributed by atoms with E-state index in [1.807, 2.05) is 62.4 Å². The van der Waals surface area contributed by atoms with Gasteiger partial charge in [-0.1, -0.05) is 47.5 Å². The van der Waals surface area contributed by atoms with E-state index in [2.05, 4.69) is 65.5 Å². The van der Waals surface area contributed by atoms with Crippen LogP contribution in [-0.2, 0) is 22.4 Å². The summed E-state index contributed by atoms with van der Waals surface area (Å²) in [5.74, 6) is 2.03. The van der Waals surface area contributed by atoms with Crippen LogP contribution in [-0.4, -0.2) is 114 Å². The summed E-state index contributed by atoms with van der Waals surface area (Å²) in [7, 11) is 0. The van der Waals surface area contributed by atoms with E-state index in [0.717, 1.165) is 73.9 Å². The highest BCUT2D eigenvalue weighted by molar-refractivity contribution is 6.30. The van der Waals surface area contributed by atoms with Gasteiger partial charge in [-0.05, 0) is 107 Å². The summed E-state index contributed by atoms with van der Waals surface area (Å²) in [6.07, 6.45) is 11.2. The van der Waals surface area contributed by atoms with E-state index in [0.29, 0.717) is 93.8 Å². The Hall–Kier alpha value is -5.68. The van der Waals surface area contributed by atoms with Crippen LogP contribution in [0.15, 0.2) is 60.9 Å². The zero-order valence-electron chi connectivity index (χ0n) is 36.1. The number of carbonyl (C=O) groups is 2. The lowest BCUT2D eigenvalue weighted by molar-refractivity contribution is -0.117. The van der Waals surface area contributed by atoms with Crippen LogP contribution in [0.4, 0.5) is 23.5 Å². The number of fused-ring (bicyclic) bond motifs is 4. The Labute approximate surface area is 382 Å². The SMILES string of the molecule is Cc1nc(N2CC3CC2CN3)nc2ncc(NC(=O)CCc3ccc(Cl)cc3)nc12.Cc1nc(N2CCC(N3CCCC3)CC2)nc2ncc(NC(=O)CCc3ccc(Cl)cc3)nc12. The topological polar surface area (TPSA) is 183 Å².